The van der Waals surface area contributed by atoms with Gasteiger partial charge in [0, 0.05) is 5.39 Å². The molecule has 2 atom stereocenters. The molecule has 0 spiro atoms. The zero-order valence-electron chi connectivity index (χ0n) is 18.2. The molecule has 4 rings (SSSR count). The second-order valence-electron chi connectivity index (χ2n) is 7.81. The number of hydrogen-bond acceptors (Lipinski definition) is 4. The number of amides is 1. The molecule has 3 aromatic carbocycles. The van der Waals surface area contributed by atoms with Crippen LogP contribution < -0.4 is 10.1 Å². The molecule has 0 radical (unpaired) electrons. The molecule has 176 valence electrons. The fraction of sp³-hybridized carbons (Fsp3) is 0.200. The lowest BCUT2D eigenvalue weighted by Gasteiger charge is -2.27. The molecule has 1 amide bonds. The minimum absolute atomic E-state index is 0.0503. The van der Waals surface area contributed by atoms with Gasteiger partial charge in [0.1, 0.15) is 11.9 Å². The first-order chi connectivity index (χ1) is 16.3. The topological polar surface area (TPSA) is 76.4 Å². The molecular formula is C25H22F3N3O3. The Labute approximate surface area is 193 Å². The van der Waals surface area contributed by atoms with Crippen LogP contribution in [0.15, 0.2) is 79.0 Å². The van der Waals surface area contributed by atoms with Gasteiger partial charge in [-0.05, 0) is 48.4 Å². The largest absolute Gasteiger partial charge is 0.484 e. The van der Waals surface area contributed by atoms with Crippen LogP contribution in [0.5, 0.6) is 5.75 Å². The van der Waals surface area contributed by atoms with Gasteiger partial charge in [0.15, 0.2) is 0 Å². The molecule has 0 fully saturated rings. The van der Waals surface area contributed by atoms with Crippen molar-refractivity contribution in [1.82, 2.24) is 15.1 Å². The van der Waals surface area contributed by atoms with Crippen LogP contribution >= 0.6 is 0 Å². The van der Waals surface area contributed by atoms with Crippen LogP contribution in [-0.4, -0.2) is 33.0 Å². The Morgan fingerprint density at radius 3 is 2.44 bits per heavy atom. The van der Waals surface area contributed by atoms with Crippen LogP contribution in [0.3, 0.4) is 0 Å². The van der Waals surface area contributed by atoms with Crippen molar-refractivity contribution >= 4 is 16.8 Å². The third-order valence-electron chi connectivity index (χ3n) is 5.36. The molecule has 6 nitrogen and oxygen atoms in total. The number of benzene rings is 3. The molecule has 1 heterocycles. The van der Waals surface area contributed by atoms with Crippen molar-refractivity contribution in [2.75, 3.05) is 0 Å². The quantitative estimate of drug-likeness (QED) is 0.411. The summed E-state index contributed by atoms with van der Waals surface area (Å²) < 4.78 is 46.2. The van der Waals surface area contributed by atoms with E-state index in [1.165, 1.54) is 6.92 Å². The zero-order chi connectivity index (χ0) is 24.3. The van der Waals surface area contributed by atoms with Crippen molar-refractivity contribution in [3.8, 4) is 11.4 Å². The first-order valence-electron chi connectivity index (χ1n) is 10.5. The van der Waals surface area contributed by atoms with Crippen LogP contribution in [-0.2, 0) is 11.4 Å². The average Bonchev–Trinajstić information content (AvgIpc) is 3.25. The maximum Gasteiger partial charge on any atom is 0.471 e. The van der Waals surface area contributed by atoms with Gasteiger partial charge in [-0.3, -0.25) is 4.79 Å². The summed E-state index contributed by atoms with van der Waals surface area (Å²) in [5.74, 6) is -1.60. The van der Waals surface area contributed by atoms with E-state index in [4.69, 9.17) is 4.74 Å². The molecular weight excluding hydrogens is 447 g/mol. The molecule has 0 aliphatic heterocycles. The lowest BCUT2D eigenvalue weighted by atomic mass is 10.0. The Hall–Kier alpha value is -3.85. The number of nitrogens with one attached hydrogen (secondary N) is 1. The highest BCUT2D eigenvalue weighted by Gasteiger charge is 2.40. The molecule has 1 aromatic heterocycles. The summed E-state index contributed by atoms with van der Waals surface area (Å²) in [6.45, 7) is 1.42. The van der Waals surface area contributed by atoms with Crippen LogP contribution in [0.4, 0.5) is 13.2 Å². The lowest BCUT2D eigenvalue weighted by Crippen LogP contribution is -2.45. The van der Waals surface area contributed by atoms with Gasteiger partial charge < -0.3 is 15.2 Å². The van der Waals surface area contributed by atoms with Gasteiger partial charge in [0.05, 0.1) is 30.0 Å². The van der Waals surface area contributed by atoms with E-state index in [0.29, 0.717) is 11.3 Å². The summed E-state index contributed by atoms with van der Waals surface area (Å²) in [6, 6.07) is 20.3. The molecule has 0 unspecified atom stereocenters. The van der Waals surface area contributed by atoms with Gasteiger partial charge in [-0.1, -0.05) is 42.5 Å². The molecule has 0 saturated heterocycles. The highest BCUT2D eigenvalue weighted by atomic mass is 19.4. The standard InChI is InChI=1S/C25H22F3N3O3/c1-16(30-24(33)25(26,27)28)23(18-5-3-2-4-6-18)34-21-11-12-22-19(13-21)14-29-31(22)20-9-7-17(15-32)8-10-20/h2-14,16,23,32H,15H2,1H3,(H,30,33)/t16-,23-/m0/s1. The lowest BCUT2D eigenvalue weighted by molar-refractivity contribution is -0.174. The summed E-state index contributed by atoms with van der Waals surface area (Å²) >= 11 is 0. The summed E-state index contributed by atoms with van der Waals surface area (Å²) in [7, 11) is 0. The van der Waals surface area contributed by atoms with Gasteiger partial charge in [-0.25, -0.2) is 4.68 Å². The molecule has 9 heteroatoms. The first kappa shape index (κ1) is 23.3. The third kappa shape index (κ3) is 5.04. The minimum atomic E-state index is -4.99. The van der Waals surface area contributed by atoms with Crippen molar-refractivity contribution in [1.29, 1.82) is 0 Å². The van der Waals surface area contributed by atoms with Crippen molar-refractivity contribution in [2.45, 2.75) is 31.9 Å². The predicted octanol–water partition coefficient (Wildman–Crippen LogP) is 4.70. The average molecular weight is 469 g/mol. The Bertz CT molecular complexity index is 1270. The fourth-order valence-electron chi connectivity index (χ4n) is 3.65. The number of nitrogens with zero attached hydrogens (tertiary/aromatic N) is 2. The third-order valence-corrected chi connectivity index (χ3v) is 5.36. The van der Waals surface area contributed by atoms with E-state index in [2.05, 4.69) is 5.10 Å². The molecule has 0 bridgehead atoms. The van der Waals surface area contributed by atoms with E-state index in [1.807, 2.05) is 17.4 Å². The number of rotatable bonds is 7. The van der Waals surface area contributed by atoms with Gasteiger partial charge in [-0.15, -0.1) is 0 Å². The molecule has 4 aromatic rings. The van der Waals surface area contributed by atoms with Gasteiger partial charge in [-0.2, -0.15) is 18.3 Å². The summed E-state index contributed by atoms with van der Waals surface area (Å²) in [5, 5.41) is 16.4. The summed E-state index contributed by atoms with van der Waals surface area (Å²) in [6.07, 6.45) is -4.18. The number of halogens is 3. The Kier molecular flexibility index (Phi) is 6.56. The minimum Gasteiger partial charge on any atom is -0.484 e. The Morgan fingerprint density at radius 1 is 1.09 bits per heavy atom. The monoisotopic (exact) mass is 469 g/mol. The molecule has 0 aliphatic rings. The normalized spacial score (nSPS) is 13.4. The number of ether oxygens (including phenoxy) is 1. The van der Waals surface area contributed by atoms with Crippen molar-refractivity contribution < 1.29 is 27.8 Å². The highest BCUT2D eigenvalue weighted by Crippen LogP contribution is 2.29. The van der Waals surface area contributed by atoms with E-state index < -0.39 is 24.2 Å². The number of fused-ring (bicyclic) bond motifs is 1. The number of aromatic nitrogens is 2. The summed E-state index contributed by atoms with van der Waals surface area (Å²) in [4.78, 5) is 11.5. The van der Waals surface area contributed by atoms with E-state index in [1.54, 1.807) is 71.5 Å². The number of alkyl halides is 3. The number of hydrogen-bond donors (Lipinski definition) is 2. The first-order valence-corrected chi connectivity index (χ1v) is 10.5. The van der Waals surface area contributed by atoms with Crippen LogP contribution in [0.2, 0.25) is 0 Å². The molecule has 2 N–H and O–H groups in total. The molecule has 0 aliphatic carbocycles. The number of carbonyl (C=O) groups excluding carboxylic acids is 1. The van der Waals surface area contributed by atoms with E-state index in [-0.39, 0.29) is 6.61 Å². The second-order valence-corrected chi connectivity index (χ2v) is 7.81. The van der Waals surface area contributed by atoms with E-state index in [9.17, 15) is 23.1 Å². The van der Waals surface area contributed by atoms with Gasteiger partial charge >= 0.3 is 12.1 Å². The Morgan fingerprint density at radius 2 is 1.79 bits per heavy atom. The maximum absolute atomic E-state index is 12.8. The SMILES string of the molecule is C[C@H](NC(=O)C(F)(F)F)[C@H](Oc1ccc2c(cnn2-c2ccc(CO)cc2)c1)c1ccccc1. The zero-order valence-corrected chi connectivity index (χ0v) is 18.2. The fourth-order valence-corrected chi connectivity index (χ4v) is 3.65. The van der Waals surface area contributed by atoms with Crippen molar-refractivity contribution in [2.24, 2.45) is 0 Å². The predicted molar refractivity (Wildman–Crippen MR) is 120 cm³/mol. The Balaban J connectivity index is 1.61. The smallest absolute Gasteiger partial charge is 0.471 e. The number of aliphatic hydroxyl groups is 1. The van der Waals surface area contributed by atoms with Gasteiger partial charge in [0.25, 0.3) is 0 Å². The van der Waals surface area contributed by atoms with Crippen LogP contribution in [0, 0.1) is 0 Å². The van der Waals surface area contributed by atoms with Crippen molar-refractivity contribution in [3.63, 3.8) is 0 Å². The van der Waals surface area contributed by atoms with Gasteiger partial charge in [0.2, 0.25) is 0 Å². The van der Waals surface area contributed by atoms with Crippen LogP contribution in [0.1, 0.15) is 24.2 Å². The summed E-state index contributed by atoms with van der Waals surface area (Å²) in [5.41, 5.74) is 3.03. The molecule has 0 saturated carbocycles. The maximum atomic E-state index is 12.8. The van der Waals surface area contributed by atoms with Crippen molar-refractivity contribution in [3.05, 3.63) is 90.1 Å². The highest BCUT2D eigenvalue weighted by molar-refractivity contribution is 5.82. The van der Waals surface area contributed by atoms with E-state index in [0.717, 1.165) is 22.2 Å². The van der Waals surface area contributed by atoms with E-state index >= 15 is 0 Å². The second kappa shape index (κ2) is 9.56. The van der Waals surface area contributed by atoms with Crippen LogP contribution in [0.25, 0.3) is 16.6 Å². The molecule has 34 heavy (non-hydrogen) atoms. The number of carbonyl (C=O) groups is 1. The number of aliphatic hydroxyl groups excluding tert-OH is 1.